The summed E-state index contributed by atoms with van der Waals surface area (Å²) in [6, 6.07) is 0. The molecule has 1 aliphatic heterocycles. The Hall–Kier alpha value is -1.10. The van der Waals surface area contributed by atoms with Crippen molar-refractivity contribution in [2.24, 2.45) is 5.92 Å². The van der Waals surface area contributed by atoms with Gasteiger partial charge in [0, 0.05) is 26.1 Å². The predicted molar refractivity (Wildman–Crippen MR) is 44.0 cm³/mol. The van der Waals surface area contributed by atoms with Crippen LogP contribution in [0.3, 0.4) is 0 Å². The first kappa shape index (κ1) is 9.98. The summed E-state index contributed by atoms with van der Waals surface area (Å²) in [5.41, 5.74) is 0. The summed E-state index contributed by atoms with van der Waals surface area (Å²) >= 11 is 0. The van der Waals surface area contributed by atoms with Gasteiger partial charge in [-0.2, -0.15) is 0 Å². The number of aliphatic hydroxyl groups excluding tert-OH is 1. The molecular weight excluding hydrogens is 174 g/mol. The van der Waals surface area contributed by atoms with Crippen molar-refractivity contribution in [3.8, 4) is 0 Å². The van der Waals surface area contributed by atoms with E-state index in [1.807, 2.05) is 0 Å². The van der Waals surface area contributed by atoms with Crippen molar-refractivity contribution in [3.63, 3.8) is 0 Å². The Labute approximate surface area is 76.0 Å². The molecule has 1 aliphatic rings. The Balaban J connectivity index is 2.42. The molecule has 1 unspecified atom stereocenters. The number of hydrogen-bond donors (Lipinski definition) is 2. The number of aliphatic carboxylic acids is 1. The zero-order chi connectivity index (χ0) is 9.84. The van der Waals surface area contributed by atoms with E-state index in [4.69, 9.17) is 10.2 Å². The first-order valence-corrected chi connectivity index (χ1v) is 4.26. The van der Waals surface area contributed by atoms with Gasteiger partial charge in [-0.15, -0.1) is 0 Å². The third-order valence-electron chi connectivity index (χ3n) is 2.15. The lowest BCUT2D eigenvalue weighted by Crippen LogP contribution is -2.27. The average Bonchev–Trinajstić information content (AvgIpc) is 2.44. The topological polar surface area (TPSA) is 77.8 Å². The molecule has 0 aromatic carbocycles. The highest BCUT2D eigenvalue weighted by Crippen LogP contribution is 2.17. The van der Waals surface area contributed by atoms with Crippen LogP contribution < -0.4 is 0 Å². The van der Waals surface area contributed by atoms with Crippen molar-refractivity contribution < 1.29 is 19.8 Å². The van der Waals surface area contributed by atoms with Crippen molar-refractivity contribution in [1.82, 2.24) is 4.90 Å². The number of carboxylic acids is 1. The summed E-state index contributed by atoms with van der Waals surface area (Å²) in [4.78, 5) is 23.2. The number of rotatable bonds is 4. The van der Waals surface area contributed by atoms with Gasteiger partial charge in [0.15, 0.2) is 0 Å². The molecule has 1 atom stereocenters. The molecule has 1 saturated heterocycles. The fourth-order valence-corrected chi connectivity index (χ4v) is 1.42. The molecule has 0 saturated carbocycles. The Morgan fingerprint density at radius 3 is 2.77 bits per heavy atom. The first-order valence-electron chi connectivity index (χ1n) is 4.26. The maximum Gasteiger partial charge on any atom is 0.308 e. The van der Waals surface area contributed by atoms with Crippen molar-refractivity contribution in [2.45, 2.75) is 12.8 Å². The van der Waals surface area contributed by atoms with E-state index >= 15 is 0 Å². The molecule has 0 bridgehead atoms. The van der Waals surface area contributed by atoms with Crippen LogP contribution in [-0.4, -0.2) is 46.7 Å². The molecule has 1 fully saturated rings. The van der Waals surface area contributed by atoms with Gasteiger partial charge in [0.2, 0.25) is 5.91 Å². The highest BCUT2D eigenvalue weighted by Gasteiger charge is 2.33. The van der Waals surface area contributed by atoms with Crippen LogP contribution in [0.1, 0.15) is 12.8 Å². The van der Waals surface area contributed by atoms with Crippen LogP contribution in [0.2, 0.25) is 0 Å². The molecule has 1 rings (SSSR count). The summed E-state index contributed by atoms with van der Waals surface area (Å²) < 4.78 is 0. The molecule has 2 N–H and O–H groups in total. The van der Waals surface area contributed by atoms with E-state index in [2.05, 4.69) is 0 Å². The van der Waals surface area contributed by atoms with Crippen molar-refractivity contribution in [3.05, 3.63) is 0 Å². The summed E-state index contributed by atoms with van der Waals surface area (Å²) in [7, 11) is 0. The highest BCUT2D eigenvalue weighted by molar-refractivity contribution is 5.86. The van der Waals surface area contributed by atoms with E-state index in [-0.39, 0.29) is 25.5 Å². The second-order valence-electron chi connectivity index (χ2n) is 3.16. The molecule has 1 heterocycles. The van der Waals surface area contributed by atoms with Crippen LogP contribution in [-0.2, 0) is 9.59 Å². The predicted octanol–water partition coefficient (Wildman–Crippen LogP) is -0.698. The van der Waals surface area contributed by atoms with Gasteiger partial charge >= 0.3 is 5.97 Å². The van der Waals surface area contributed by atoms with Crippen molar-refractivity contribution in [1.29, 1.82) is 0 Å². The standard InChI is InChI=1S/C8H13NO4/c10-3-1-2-9-5-6(8(12)13)4-7(9)11/h6,10H,1-5H2,(H,12,13). The van der Waals surface area contributed by atoms with Crippen LogP contribution in [0.15, 0.2) is 0 Å². The number of nitrogens with zero attached hydrogens (tertiary/aromatic N) is 1. The summed E-state index contributed by atoms with van der Waals surface area (Å²) in [6.07, 6.45) is 0.610. The zero-order valence-electron chi connectivity index (χ0n) is 7.27. The normalized spacial score (nSPS) is 22.4. The third-order valence-corrected chi connectivity index (χ3v) is 2.15. The van der Waals surface area contributed by atoms with Gasteiger partial charge < -0.3 is 15.1 Å². The fourth-order valence-electron chi connectivity index (χ4n) is 1.42. The first-order chi connectivity index (χ1) is 6.15. The number of aliphatic hydroxyl groups is 1. The van der Waals surface area contributed by atoms with Gasteiger partial charge in [-0.3, -0.25) is 9.59 Å². The van der Waals surface area contributed by atoms with Gasteiger partial charge in [-0.1, -0.05) is 0 Å². The quantitative estimate of drug-likeness (QED) is 0.610. The average molecular weight is 187 g/mol. The second kappa shape index (κ2) is 4.23. The van der Waals surface area contributed by atoms with Crippen LogP contribution in [0, 0.1) is 5.92 Å². The smallest absolute Gasteiger partial charge is 0.308 e. The number of hydrogen-bond acceptors (Lipinski definition) is 3. The van der Waals surface area contributed by atoms with Crippen LogP contribution in [0.4, 0.5) is 0 Å². The van der Waals surface area contributed by atoms with E-state index in [9.17, 15) is 9.59 Å². The molecule has 5 heteroatoms. The third kappa shape index (κ3) is 2.42. The van der Waals surface area contributed by atoms with Gasteiger partial charge in [-0.05, 0) is 6.42 Å². The maximum atomic E-state index is 11.2. The molecule has 5 nitrogen and oxygen atoms in total. The lowest BCUT2D eigenvalue weighted by molar-refractivity contribution is -0.141. The van der Waals surface area contributed by atoms with E-state index in [1.54, 1.807) is 0 Å². The number of carbonyl (C=O) groups excluding carboxylic acids is 1. The molecule has 13 heavy (non-hydrogen) atoms. The molecule has 0 radical (unpaired) electrons. The van der Waals surface area contributed by atoms with Crippen LogP contribution in [0.25, 0.3) is 0 Å². The number of carboxylic acid groups (broad SMARTS) is 1. The molecule has 0 aliphatic carbocycles. The van der Waals surface area contributed by atoms with Crippen molar-refractivity contribution in [2.75, 3.05) is 19.7 Å². The van der Waals surface area contributed by atoms with Crippen molar-refractivity contribution >= 4 is 11.9 Å². The monoisotopic (exact) mass is 187 g/mol. The van der Waals surface area contributed by atoms with E-state index < -0.39 is 11.9 Å². The minimum Gasteiger partial charge on any atom is -0.481 e. The minimum absolute atomic E-state index is 0.0293. The Morgan fingerprint density at radius 2 is 2.31 bits per heavy atom. The minimum atomic E-state index is -0.917. The molecular formula is C8H13NO4. The number of likely N-dealkylation sites (tertiary alicyclic amines) is 1. The maximum absolute atomic E-state index is 11.2. The van der Waals surface area contributed by atoms with Gasteiger partial charge in [-0.25, -0.2) is 0 Å². The SMILES string of the molecule is O=C(O)C1CC(=O)N(CCCO)C1. The van der Waals surface area contributed by atoms with Gasteiger partial charge in [0.25, 0.3) is 0 Å². The summed E-state index contributed by atoms with van der Waals surface area (Å²) in [6.45, 7) is 0.773. The molecule has 0 aromatic heterocycles. The second-order valence-corrected chi connectivity index (χ2v) is 3.16. The van der Waals surface area contributed by atoms with Gasteiger partial charge in [0.1, 0.15) is 0 Å². The molecule has 1 amide bonds. The highest BCUT2D eigenvalue weighted by atomic mass is 16.4. The Morgan fingerprint density at radius 1 is 1.62 bits per heavy atom. The number of amides is 1. The largest absolute Gasteiger partial charge is 0.481 e. The summed E-state index contributed by atoms with van der Waals surface area (Å²) in [5, 5.41) is 17.2. The zero-order valence-corrected chi connectivity index (χ0v) is 7.27. The number of carbonyl (C=O) groups is 2. The molecule has 74 valence electrons. The molecule has 0 aromatic rings. The fraction of sp³-hybridized carbons (Fsp3) is 0.750. The van der Waals surface area contributed by atoms with Gasteiger partial charge in [0.05, 0.1) is 5.92 Å². The van der Waals surface area contributed by atoms with E-state index in [1.165, 1.54) is 4.90 Å². The Bertz CT molecular complexity index is 216. The van der Waals surface area contributed by atoms with E-state index in [0.29, 0.717) is 13.0 Å². The van der Waals surface area contributed by atoms with Crippen LogP contribution >= 0.6 is 0 Å². The Kier molecular flexibility index (Phi) is 3.25. The molecule has 0 spiro atoms. The van der Waals surface area contributed by atoms with Crippen LogP contribution in [0.5, 0.6) is 0 Å². The van der Waals surface area contributed by atoms with E-state index in [0.717, 1.165) is 0 Å². The lowest BCUT2D eigenvalue weighted by atomic mass is 10.1. The lowest BCUT2D eigenvalue weighted by Gasteiger charge is -2.14. The summed E-state index contributed by atoms with van der Waals surface area (Å²) in [5.74, 6) is -1.60.